The molecule has 0 aromatic heterocycles. The second kappa shape index (κ2) is 10.7. The van der Waals surface area contributed by atoms with Crippen LogP contribution in [0, 0.1) is 0 Å². The third kappa shape index (κ3) is 7.22. The average molecular weight is 451 g/mol. The van der Waals surface area contributed by atoms with Gasteiger partial charge in [-0.1, -0.05) is 48.3 Å². The molecule has 7 heteroatoms. The summed E-state index contributed by atoms with van der Waals surface area (Å²) in [5.74, 6) is 0.00955. The molecule has 5 nitrogen and oxygen atoms in total. The lowest BCUT2D eigenvalue weighted by Crippen LogP contribution is -2.54. The average Bonchev–Trinajstić information content (AvgIpc) is 2.67. The monoisotopic (exact) mass is 450 g/mol. The lowest BCUT2D eigenvalue weighted by Gasteiger charge is -2.33. The number of nitrogens with zero attached hydrogens (tertiary/aromatic N) is 1. The lowest BCUT2D eigenvalue weighted by atomic mass is 10.1. The molecule has 1 N–H and O–H groups in total. The van der Waals surface area contributed by atoms with Gasteiger partial charge in [0.05, 0.1) is 0 Å². The van der Waals surface area contributed by atoms with E-state index >= 15 is 0 Å². The van der Waals surface area contributed by atoms with Crippen LogP contribution in [-0.2, 0) is 16.1 Å². The SMILES string of the molecule is CCC(C(=O)NC(C)(C)C)N(Cc1ccccc1Cl)C(=O)COc1ccc(Cl)cc1. The summed E-state index contributed by atoms with van der Waals surface area (Å²) in [6.07, 6.45) is 0.457. The minimum Gasteiger partial charge on any atom is -0.484 e. The van der Waals surface area contributed by atoms with Gasteiger partial charge in [-0.05, 0) is 63.1 Å². The number of nitrogens with one attached hydrogen (secondary N) is 1. The number of carbonyl (C=O) groups excluding carboxylic acids is 2. The van der Waals surface area contributed by atoms with Crippen LogP contribution in [0.4, 0.5) is 0 Å². The predicted molar refractivity (Wildman–Crippen MR) is 121 cm³/mol. The fourth-order valence-electron chi connectivity index (χ4n) is 2.94. The van der Waals surface area contributed by atoms with Crippen LogP contribution in [0.25, 0.3) is 0 Å². The van der Waals surface area contributed by atoms with Crippen molar-refractivity contribution < 1.29 is 14.3 Å². The molecule has 0 bridgehead atoms. The summed E-state index contributed by atoms with van der Waals surface area (Å²) in [7, 11) is 0. The fraction of sp³-hybridized carbons (Fsp3) is 0.391. The molecule has 2 rings (SSSR count). The molecule has 2 aromatic carbocycles. The predicted octanol–water partition coefficient (Wildman–Crippen LogP) is 5.09. The Bertz CT molecular complexity index is 863. The first-order valence-corrected chi connectivity index (χ1v) is 10.6. The third-order valence-corrected chi connectivity index (χ3v) is 4.98. The molecule has 1 unspecified atom stereocenters. The van der Waals surface area contributed by atoms with Crippen molar-refractivity contribution in [2.45, 2.75) is 52.2 Å². The Balaban J connectivity index is 2.24. The first kappa shape index (κ1) is 24.0. The molecule has 0 radical (unpaired) electrons. The zero-order chi connectivity index (χ0) is 22.3. The van der Waals surface area contributed by atoms with Crippen molar-refractivity contribution in [1.82, 2.24) is 10.2 Å². The highest BCUT2D eigenvalue weighted by atomic mass is 35.5. The van der Waals surface area contributed by atoms with Gasteiger partial charge in [-0.15, -0.1) is 0 Å². The van der Waals surface area contributed by atoms with E-state index in [4.69, 9.17) is 27.9 Å². The minimum absolute atomic E-state index is 0.203. The molecule has 0 fully saturated rings. The molecule has 0 aliphatic carbocycles. The molecule has 0 aliphatic heterocycles. The molecule has 0 saturated heterocycles. The highest BCUT2D eigenvalue weighted by Crippen LogP contribution is 2.21. The van der Waals surface area contributed by atoms with Crippen LogP contribution in [-0.4, -0.2) is 34.9 Å². The Hall–Kier alpha value is -2.24. The number of amides is 2. The van der Waals surface area contributed by atoms with Crippen molar-refractivity contribution in [3.63, 3.8) is 0 Å². The summed E-state index contributed by atoms with van der Waals surface area (Å²) in [6.45, 7) is 7.59. The van der Waals surface area contributed by atoms with Gasteiger partial charge in [0.15, 0.2) is 6.61 Å². The van der Waals surface area contributed by atoms with Gasteiger partial charge in [-0.2, -0.15) is 0 Å². The Morgan fingerprint density at radius 3 is 2.27 bits per heavy atom. The van der Waals surface area contributed by atoms with Crippen LogP contribution in [0.5, 0.6) is 5.75 Å². The number of ether oxygens (including phenoxy) is 1. The zero-order valence-electron chi connectivity index (χ0n) is 17.7. The van der Waals surface area contributed by atoms with Gasteiger partial charge < -0.3 is 15.0 Å². The quantitative estimate of drug-likeness (QED) is 0.608. The number of hydrogen-bond acceptors (Lipinski definition) is 3. The zero-order valence-corrected chi connectivity index (χ0v) is 19.3. The lowest BCUT2D eigenvalue weighted by molar-refractivity contribution is -0.143. The summed E-state index contributed by atoms with van der Waals surface area (Å²) in [5.41, 5.74) is 0.352. The summed E-state index contributed by atoms with van der Waals surface area (Å²) in [4.78, 5) is 27.6. The molecule has 162 valence electrons. The largest absolute Gasteiger partial charge is 0.484 e. The van der Waals surface area contributed by atoms with E-state index < -0.39 is 11.6 Å². The van der Waals surface area contributed by atoms with Crippen LogP contribution in [0.15, 0.2) is 48.5 Å². The summed E-state index contributed by atoms with van der Waals surface area (Å²) < 4.78 is 5.63. The van der Waals surface area contributed by atoms with Crippen LogP contribution in [0.2, 0.25) is 10.0 Å². The van der Waals surface area contributed by atoms with Crippen LogP contribution in [0.1, 0.15) is 39.7 Å². The molecular weight excluding hydrogens is 423 g/mol. The number of benzene rings is 2. The van der Waals surface area contributed by atoms with Gasteiger partial charge in [-0.25, -0.2) is 0 Å². The van der Waals surface area contributed by atoms with Gasteiger partial charge >= 0.3 is 0 Å². The van der Waals surface area contributed by atoms with Crippen molar-refractivity contribution in [3.8, 4) is 5.75 Å². The van der Waals surface area contributed by atoms with Gasteiger partial charge in [-0.3, -0.25) is 9.59 Å². The van der Waals surface area contributed by atoms with Gasteiger partial charge in [0.1, 0.15) is 11.8 Å². The van der Waals surface area contributed by atoms with Crippen molar-refractivity contribution >= 4 is 35.0 Å². The van der Waals surface area contributed by atoms with E-state index in [9.17, 15) is 9.59 Å². The first-order valence-electron chi connectivity index (χ1n) is 9.84. The fourth-order valence-corrected chi connectivity index (χ4v) is 3.26. The van der Waals surface area contributed by atoms with Crippen molar-refractivity contribution in [2.75, 3.05) is 6.61 Å². The summed E-state index contributed by atoms with van der Waals surface area (Å²) in [6, 6.07) is 13.4. The third-order valence-electron chi connectivity index (χ3n) is 4.36. The van der Waals surface area contributed by atoms with Crippen molar-refractivity contribution in [1.29, 1.82) is 0 Å². The minimum atomic E-state index is -0.651. The number of hydrogen-bond donors (Lipinski definition) is 1. The van der Waals surface area contributed by atoms with E-state index in [0.717, 1.165) is 5.56 Å². The van der Waals surface area contributed by atoms with Crippen LogP contribution >= 0.6 is 23.2 Å². The van der Waals surface area contributed by atoms with Crippen LogP contribution < -0.4 is 10.1 Å². The molecule has 2 aromatic rings. The Morgan fingerprint density at radius 1 is 1.07 bits per heavy atom. The summed E-state index contributed by atoms with van der Waals surface area (Å²) >= 11 is 12.2. The van der Waals surface area contributed by atoms with Crippen molar-refractivity contribution in [2.24, 2.45) is 0 Å². The molecule has 30 heavy (non-hydrogen) atoms. The molecule has 0 saturated carbocycles. The maximum atomic E-state index is 13.1. The van der Waals surface area contributed by atoms with Crippen molar-refractivity contribution in [3.05, 3.63) is 64.1 Å². The normalized spacial score (nSPS) is 12.2. The van der Waals surface area contributed by atoms with E-state index in [-0.39, 0.29) is 25.0 Å². The molecule has 0 heterocycles. The highest BCUT2D eigenvalue weighted by molar-refractivity contribution is 6.31. The molecular formula is C23H28Cl2N2O3. The first-order chi connectivity index (χ1) is 14.1. The van der Waals surface area contributed by atoms with Gasteiger partial charge in [0, 0.05) is 22.1 Å². The summed E-state index contributed by atoms with van der Waals surface area (Å²) in [5, 5.41) is 4.09. The van der Waals surface area contributed by atoms with Gasteiger partial charge in [0.2, 0.25) is 5.91 Å². The smallest absolute Gasteiger partial charge is 0.261 e. The molecule has 1 atom stereocenters. The van der Waals surface area contributed by atoms with E-state index in [1.165, 1.54) is 4.90 Å². The second-order valence-electron chi connectivity index (χ2n) is 8.02. The Kier molecular flexibility index (Phi) is 8.56. The maximum Gasteiger partial charge on any atom is 0.261 e. The van der Waals surface area contributed by atoms with Crippen LogP contribution in [0.3, 0.4) is 0 Å². The number of rotatable bonds is 8. The molecule has 2 amide bonds. The van der Waals surface area contributed by atoms with Gasteiger partial charge in [0.25, 0.3) is 5.91 Å². The Morgan fingerprint density at radius 2 is 1.70 bits per heavy atom. The molecule has 0 aliphatic rings. The Labute approximate surface area is 188 Å². The van der Waals surface area contributed by atoms with E-state index in [1.54, 1.807) is 30.3 Å². The number of halogens is 2. The maximum absolute atomic E-state index is 13.1. The van der Waals surface area contributed by atoms with E-state index in [0.29, 0.717) is 22.2 Å². The molecule has 0 spiro atoms. The number of carbonyl (C=O) groups is 2. The van der Waals surface area contributed by atoms with E-state index in [2.05, 4.69) is 5.32 Å². The topological polar surface area (TPSA) is 58.6 Å². The standard InChI is InChI=1S/C23H28Cl2N2O3/c1-5-20(22(29)26-23(2,3)4)27(14-16-8-6-7-9-19(16)25)21(28)15-30-18-12-10-17(24)11-13-18/h6-13,20H,5,14-15H2,1-4H3,(H,26,29). The highest BCUT2D eigenvalue weighted by Gasteiger charge is 2.31. The van der Waals surface area contributed by atoms with E-state index in [1.807, 2.05) is 45.9 Å². The second-order valence-corrected chi connectivity index (χ2v) is 8.86.